The third kappa shape index (κ3) is 1.63. The second kappa shape index (κ2) is 2.45. The van der Waals surface area contributed by atoms with E-state index in [0.29, 0.717) is 12.0 Å². The SMILES string of the molecule is Fc1cnc(NC2CC2)nc1. The number of anilines is 1. The number of rotatable bonds is 2. The molecule has 1 aliphatic carbocycles. The Hall–Kier alpha value is -1.19. The molecule has 0 bridgehead atoms. The van der Waals surface area contributed by atoms with Gasteiger partial charge in [-0.1, -0.05) is 0 Å². The molecule has 0 unspecified atom stereocenters. The van der Waals surface area contributed by atoms with Crippen LogP contribution in [0.4, 0.5) is 10.3 Å². The summed E-state index contributed by atoms with van der Waals surface area (Å²) in [5.41, 5.74) is 0. The van der Waals surface area contributed by atoms with Crippen molar-refractivity contribution in [1.82, 2.24) is 9.97 Å². The molecule has 11 heavy (non-hydrogen) atoms. The van der Waals surface area contributed by atoms with Crippen LogP contribution in [0, 0.1) is 5.82 Å². The predicted octanol–water partition coefficient (Wildman–Crippen LogP) is 1.19. The summed E-state index contributed by atoms with van der Waals surface area (Å²) in [6.07, 6.45) is 4.66. The van der Waals surface area contributed by atoms with Crippen molar-refractivity contribution >= 4 is 5.95 Å². The minimum atomic E-state index is -0.397. The lowest BCUT2D eigenvalue weighted by atomic mass is 10.6. The molecule has 1 aromatic heterocycles. The van der Waals surface area contributed by atoms with Crippen molar-refractivity contribution in [2.75, 3.05) is 5.32 Å². The highest BCUT2D eigenvalue weighted by Crippen LogP contribution is 2.22. The van der Waals surface area contributed by atoms with Crippen LogP contribution in [0.5, 0.6) is 0 Å². The Labute approximate surface area is 63.7 Å². The van der Waals surface area contributed by atoms with Crippen molar-refractivity contribution in [3.63, 3.8) is 0 Å². The van der Waals surface area contributed by atoms with Gasteiger partial charge < -0.3 is 5.32 Å². The average molecular weight is 153 g/mol. The number of nitrogens with zero attached hydrogens (tertiary/aromatic N) is 2. The Morgan fingerprint density at radius 2 is 2.00 bits per heavy atom. The second-order valence-corrected chi connectivity index (χ2v) is 2.64. The number of aromatic nitrogens is 2. The van der Waals surface area contributed by atoms with Gasteiger partial charge in [-0.25, -0.2) is 14.4 Å². The van der Waals surface area contributed by atoms with Gasteiger partial charge in [0.15, 0.2) is 5.82 Å². The lowest BCUT2D eigenvalue weighted by Crippen LogP contribution is -2.04. The van der Waals surface area contributed by atoms with E-state index in [9.17, 15) is 4.39 Å². The Morgan fingerprint density at radius 3 is 2.55 bits per heavy atom. The predicted molar refractivity (Wildman–Crippen MR) is 38.6 cm³/mol. The normalized spacial score (nSPS) is 16.5. The molecule has 0 spiro atoms. The molecule has 1 N–H and O–H groups in total. The molecular formula is C7H8FN3. The molecule has 2 rings (SSSR count). The molecule has 0 aromatic carbocycles. The van der Waals surface area contributed by atoms with Gasteiger partial charge >= 0.3 is 0 Å². The van der Waals surface area contributed by atoms with E-state index in [1.54, 1.807) is 0 Å². The summed E-state index contributed by atoms with van der Waals surface area (Å²) in [7, 11) is 0. The molecule has 58 valence electrons. The van der Waals surface area contributed by atoms with Gasteiger partial charge in [0.2, 0.25) is 5.95 Å². The van der Waals surface area contributed by atoms with E-state index in [1.807, 2.05) is 0 Å². The van der Waals surface area contributed by atoms with Gasteiger partial charge in [0.1, 0.15) is 0 Å². The Balaban J connectivity index is 2.06. The van der Waals surface area contributed by atoms with Crippen LogP contribution in [-0.4, -0.2) is 16.0 Å². The zero-order valence-electron chi connectivity index (χ0n) is 5.92. The molecule has 3 nitrogen and oxygen atoms in total. The maximum atomic E-state index is 12.3. The Bertz CT molecular complexity index is 242. The zero-order chi connectivity index (χ0) is 7.68. The van der Waals surface area contributed by atoms with Gasteiger partial charge in [-0.05, 0) is 12.8 Å². The summed E-state index contributed by atoms with van der Waals surface area (Å²) in [6.45, 7) is 0. The van der Waals surface area contributed by atoms with Gasteiger partial charge in [-0.15, -0.1) is 0 Å². The van der Waals surface area contributed by atoms with Crippen LogP contribution in [0.25, 0.3) is 0 Å². The molecule has 1 saturated carbocycles. The van der Waals surface area contributed by atoms with E-state index >= 15 is 0 Å². The molecular weight excluding hydrogens is 145 g/mol. The van der Waals surface area contributed by atoms with Crippen LogP contribution >= 0.6 is 0 Å². The molecule has 1 aliphatic rings. The summed E-state index contributed by atoms with van der Waals surface area (Å²) in [5, 5.41) is 3.05. The largest absolute Gasteiger partial charge is 0.351 e. The van der Waals surface area contributed by atoms with Gasteiger partial charge in [0.25, 0.3) is 0 Å². The first-order chi connectivity index (χ1) is 5.34. The van der Waals surface area contributed by atoms with Gasteiger partial charge in [-0.2, -0.15) is 0 Å². The minimum Gasteiger partial charge on any atom is -0.351 e. The topological polar surface area (TPSA) is 37.8 Å². The highest BCUT2D eigenvalue weighted by molar-refractivity contribution is 5.26. The molecule has 0 atom stereocenters. The molecule has 0 saturated heterocycles. The van der Waals surface area contributed by atoms with Crippen molar-refractivity contribution in [3.8, 4) is 0 Å². The maximum Gasteiger partial charge on any atom is 0.222 e. The Kier molecular flexibility index (Phi) is 1.45. The van der Waals surface area contributed by atoms with E-state index in [2.05, 4.69) is 15.3 Å². The third-order valence-corrected chi connectivity index (χ3v) is 1.53. The van der Waals surface area contributed by atoms with Gasteiger partial charge in [-0.3, -0.25) is 0 Å². The fourth-order valence-corrected chi connectivity index (χ4v) is 0.797. The van der Waals surface area contributed by atoms with Gasteiger partial charge in [0.05, 0.1) is 12.4 Å². The van der Waals surface area contributed by atoms with E-state index in [0.717, 1.165) is 12.4 Å². The lowest BCUT2D eigenvalue weighted by Gasteiger charge is -1.99. The number of hydrogen-bond donors (Lipinski definition) is 1. The fraction of sp³-hybridized carbons (Fsp3) is 0.429. The van der Waals surface area contributed by atoms with Crippen LogP contribution < -0.4 is 5.32 Å². The summed E-state index contributed by atoms with van der Waals surface area (Å²) in [6, 6.07) is 0.514. The second-order valence-electron chi connectivity index (χ2n) is 2.64. The molecule has 0 aliphatic heterocycles. The summed E-state index contributed by atoms with van der Waals surface area (Å²) < 4.78 is 12.3. The van der Waals surface area contributed by atoms with E-state index in [1.165, 1.54) is 12.8 Å². The number of halogens is 1. The van der Waals surface area contributed by atoms with Crippen molar-refractivity contribution in [2.45, 2.75) is 18.9 Å². The van der Waals surface area contributed by atoms with Gasteiger partial charge in [0, 0.05) is 6.04 Å². The summed E-state index contributed by atoms with van der Waals surface area (Å²) in [4.78, 5) is 7.52. The molecule has 4 heteroatoms. The maximum absolute atomic E-state index is 12.3. The summed E-state index contributed by atoms with van der Waals surface area (Å²) >= 11 is 0. The van der Waals surface area contributed by atoms with Crippen LogP contribution in [0.15, 0.2) is 12.4 Å². The van der Waals surface area contributed by atoms with Crippen molar-refractivity contribution in [3.05, 3.63) is 18.2 Å². The van der Waals surface area contributed by atoms with E-state index in [4.69, 9.17) is 0 Å². The molecule has 1 heterocycles. The lowest BCUT2D eigenvalue weighted by molar-refractivity contribution is 0.614. The van der Waals surface area contributed by atoms with Crippen LogP contribution in [-0.2, 0) is 0 Å². The first-order valence-electron chi connectivity index (χ1n) is 3.59. The van der Waals surface area contributed by atoms with Crippen molar-refractivity contribution in [1.29, 1.82) is 0 Å². The highest BCUT2D eigenvalue weighted by atomic mass is 19.1. The zero-order valence-corrected chi connectivity index (χ0v) is 5.92. The Morgan fingerprint density at radius 1 is 1.36 bits per heavy atom. The van der Waals surface area contributed by atoms with E-state index in [-0.39, 0.29) is 0 Å². The van der Waals surface area contributed by atoms with E-state index < -0.39 is 5.82 Å². The minimum absolute atomic E-state index is 0.397. The van der Waals surface area contributed by atoms with Crippen molar-refractivity contribution < 1.29 is 4.39 Å². The van der Waals surface area contributed by atoms with Crippen LogP contribution in [0.1, 0.15) is 12.8 Å². The highest BCUT2D eigenvalue weighted by Gasteiger charge is 2.21. The standard InChI is InChI=1S/C7H8FN3/c8-5-3-9-7(10-4-5)11-6-1-2-6/h3-4,6H,1-2H2,(H,9,10,11). The van der Waals surface area contributed by atoms with Crippen molar-refractivity contribution in [2.24, 2.45) is 0 Å². The van der Waals surface area contributed by atoms with Crippen LogP contribution in [0.3, 0.4) is 0 Å². The monoisotopic (exact) mass is 153 g/mol. The first kappa shape index (κ1) is 6.52. The smallest absolute Gasteiger partial charge is 0.222 e. The first-order valence-corrected chi connectivity index (χ1v) is 3.59. The third-order valence-electron chi connectivity index (χ3n) is 1.53. The fourth-order valence-electron chi connectivity index (χ4n) is 0.797. The molecule has 1 fully saturated rings. The van der Waals surface area contributed by atoms with Crippen LogP contribution in [0.2, 0.25) is 0 Å². The number of hydrogen-bond acceptors (Lipinski definition) is 3. The number of nitrogens with one attached hydrogen (secondary N) is 1. The quantitative estimate of drug-likeness (QED) is 0.693. The molecule has 0 radical (unpaired) electrons. The molecule has 0 amide bonds. The average Bonchev–Trinajstić information content (AvgIpc) is 2.78. The molecule has 1 aromatic rings. The summed E-state index contributed by atoms with van der Waals surface area (Å²) in [5.74, 6) is 0.125.